The molecule has 0 saturated heterocycles. The van der Waals surface area contributed by atoms with Gasteiger partial charge >= 0.3 is 0 Å². The number of methoxy groups -OCH3 is 1. The topological polar surface area (TPSA) is 55.2 Å². The molecule has 1 N–H and O–H groups in total. The Bertz CT molecular complexity index is 557. The van der Waals surface area contributed by atoms with Crippen LogP contribution >= 0.6 is 0 Å². The maximum absolute atomic E-state index is 11.3. The van der Waals surface area contributed by atoms with Crippen molar-refractivity contribution in [2.45, 2.75) is 38.2 Å². The van der Waals surface area contributed by atoms with E-state index < -0.39 is 5.60 Å². The molecule has 112 valence electrons. The summed E-state index contributed by atoms with van der Waals surface area (Å²) in [5.74, 6) is 0.689. The Kier molecular flexibility index (Phi) is 4.91. The molecule has 2 aromatic rings. The molecule has 0 amide bonds. The standard InChI is InChI=1S/C17H22N2O2/c1-4-15(16-12-18-10-11-19-16)17(20,5-2)13-6-8-14(21-3)9-7-13/h6-12,15,20H,4-5H2,1-3H3/t15-,17+/m0/s1. The fourth-order valence-electron chi connectivity index (χ4n) is 2.81. The van der Waals surface area contributed by atoms with Crippen LogP contribution in [-0.2, 0) is 5.60 Å². The fourth-order valence-corrected chi connectivity index (χ4v) is 2.81. The normalized spacial score (nSPS) is 15.2. The minimum atomic E-state index is -0.961. The van der Waals surface area contributed by atoms with Crippen molar-refractivity contribution >= 4 is 0 Å². The van der Waals surface area contributed by atoms with Gasteiger partial charge < -0.3 is 9.84 Å². The highest BCUT2D eigenvalue weighted by Gasteiger charge is 2.37. The van der Waals surface area contributed by atoms with Crippen molar-refractivity contribution in [1.82, 2.24) is 9.97 Å². The van der Waals surface area contributed by atoms with Gasteiger partial charge in [0.15, 0.2) is 0 Å². The molecule has 2 rings (SSSR count). The van der Waals surface area contributed by atoms with Crippen molar-refractivity contribution in [1.29, 1.82) is 0 Å². The lowest BCUT2D eigenvalue weighted by Gasteiger charge is -2.35. The van der Waals surface area contributed by atoms with Crippen molar-refractivity contribution in [3.05, 3.63) is 54.1 Å². The predicted octanol–water partition coefficient (Wildman–Crippen LogP) is 3.28. The third-order valence-corrected chi connectivity index (χ3v) is 4.05. The summed E-state index contributed by atoms with van der Waals surface area (Å²) >= 11 is 0. The SMILES string of the molecule is CC[C@@H](c1cnccn1)[C@@](O)(CC)c1ccc(OC)cc1. The Morgan fingerprint density at radius 3 is 2.38 bits per heavy atom. The monoisotopic (exact) mass is 286 g/mol. The average Bonchev–Trinajstić information content (AvgIpc) is 2.56. The van der Waals surface area contributed by atoms with Crippen LogP contribution in [0.1, 0.15) is 43.9 Å². The van der Waals surface area contributed by atoms with Gasteiger partial charge in [-0.2, -0.15) is 0 Å². The van der Waals surface area contributed by atoms with Gasteiger partial charge in [0.2, 0.25) is 0 Å². The molecule has 21 heavy (non-hydrogen) atoms. The number of hydrogen-bond acceptors (Lipinski definition) is 4. The summed E-state index contributed by atoms with van der Waals surface area (Å²) in [5, 5.41) is 11.3. The number of aromatic nitrogens is 2. The van der Waals surface area contributed by atoms with Crippen LogP contribution in [-0.4, -0.2) is 22.2 Å². The number of hydrogen-bond donors (Lipinski definition) is 1. The van der Waals surface area contributed by atoms with Gasteiger partial charge in [-0.3, -0.25) is 9.97 Å². The van der Waals surface area contributed by atoms with Gasteiger partial charge in [0.05, 0.1) is 18.4 Å². The highest BCUT2D eigenvalue weighted by molar-refractivity contribution is 5.33. The summed E-state index contributed by atoms with van der Waals surface area (Å²) < 4.78 is 5.18. The Morgan fingerprint density at radius 1 is 1.19 bits per heavy atom. The molecule has 1 heterocycles. The van der Waals surface area contributed by atoms with Crippen LogP contribution in [0.2, 0.25) is 0 Å². The van der Waals surface area contributed by atoms with Crippen LogP contribution in [0, 0.1) is 0 Å². The molecule has 0 bridgehead atoms. The van der Waals surface area contributed by atoms with E-state index in [1.165, 1.54) is 0 Å². The smallest absolute Gasteiger partial charge is 0.118 e. The second-order valence-corrected chi connectivity index (χ2v) is 5.10. The van der Waals surface area contributed by atoms with E-state index in [0.29, 0.717) is 6.42 Å². The van der Waals surface area contributed by atoms with Crippen LogP contribution < -0.4 is 4.74 Å². The summed E-state index contributed by atoms with van der Waals surface area (Å²) in [6.07, 6.45) is 6.44. The van der Waals surface area contributed by atoms with Crippen molar-refractivity contribution in [2.24, 2.45) is 0 Å². The zero-order chi connectivity index (χ0) is 15.3. The third-order valence-electron chi connectivity index (χ3n) is 4.05. The number of nitrogens with zero attached hydrogens (tertiary/aromatic N) is 2. The molecular weight excluding hydrogens is 264 g/mol. The molecule has 4 heteroatoms. The molecule has 1 aromatic carbocycles. The third kappa shape index (κ3) is 3.05. The lowest BCUT2D eigenvalue weighted by Crippen LogP contribution is -2.33. The van der Waals surface area contributed by atoms with E-state index in [0.717, 1.165) is 23.4 Å². The van der Waals surface area contributed by atoms with Crippen molar-refractivity contribution in [2.75, 3.05) is 7.11 Å². The lowest BCUT2D eigenvalue weighted by atomic mass is 9.76. The molecule has 0 unspecified atom stereocenters. The van der Waals surface area contributed by atoms with E-state index in [-0.39, 0.29) is 5.92 Å². The first kappa shape index (κ1) is 15.4. The predicted molar refractivity (Wildman–Crippen MR) is 82.2 cm³/mol. The molecular formula is C17H22N2O2. The highest BCUT2D eigenvalue weighted by Crippen LogP contribution is 2.41. The summed E-state index contributed by atoms with van der Waals surface area (Å²) in [7, 11) is 1.63. The molecule has 0 saturated carbocycles. The van der Waals surface area contributed by atoms with Gasteiger partial charge in [-0.15, -0.1) is 0 Å². The molecule has 0 fully saturated rings. The van der Waals surface area contributed by atoms with Crippen LogP contribution in [0.15, 0.2) is 42.9 Å². The van der Waals surface area contributed by atoms with Gasteiger partial charge in [-0.1, -0.05) is 26.0 Å². The number of rotatable bonds is 6. The van der Waals surface area contributed by atoms with Gasteiger partial charge in [-0.25, -0.2) is 0 Å². The number of ether oxygens (including phenoxy) is 1. The minimum Gasteiger partial charge on any atom is -0.497 e. The number of aliphatic hydroxyl groups is 1. The summed E-state index contributed by atoms with van der Waals surface area (Å²) in [4.78, 5) is 8.50. The Balaban J connectivity index is 2.42. The zero-order valence-electron chi connectivity index (χ0n) is 12.8. The molecule has 4 nitrogen and oxygen atoms in total. The van der Waals surface area contributed by atoms with Crippen molar-refractivity contribution in [3.8, 4) is 5.75 Å². The number of benzene rings is 1. The van der Waals surface area contributed by atoms with Gasteiger partial charge in [0.1, 0.15) is 5.75 Å². The quantitative estimate of drug-likeness (QED) is 0.885. The Labute approximate surface area is 125 Å². The van der Waals surface area contributed by atoms with Gasteiger partial charge in [-0.05, 0) is 30.5 Å². The Hall–Kier alpha value is -1.94. The average molecular weight is 286 g/mol. The minimum absolute atomic E-state index is 0.0930. The first-order valence-electron chi connectivity index (χ1n) is 7.28. The molecule has 2 atom stereocenters. The van der Waals surface area contributed by atoms with Crippen molar-refractivity contribution in [3.63, 3.8) is 0 Å². The summed E-state index contributed by atoms with van der Waals surface area (Å²) in [5.41, 5.74) is 0.736. The largest absolute Gasteiger partial charge is 0.497 e. The lowest BCUT2D eigenvalue weighted by molar-refractivity contribution is 0.0000408. The molecule has 0 spiro atoms. The molecule has 1 aromatic heterocycles. The van der Waals surface area contributed by atoms with Crippen LogP contribution in [0.3, 0.4) is 0 Å². The molecule has 0 aliphatic carbocycles. The van der Waals surface area contributed by atoms with Gasteiger partial charge in [0, 0.05) is 24.5 Å². The van der Waals surface area contributed by atoms with E-state index >= 15 is 0 Å². The second-order valence-electron chi connectivity index (χ2n) is 5.10. The van der Waals surface area contributed by atoms with Crippen LogP contribution in [0.5, 0.6) is 5.75 Å². The van der Waals surface area contributed by atoms with E-state index in [2.05, 4.69) is 16.9 Å². The van der Waals surface area contributed by atoms with Crippen LogP contribution in [0.25, 0.3) is 0 Å². The van der Waals surface area contributed by atoms with E-state index in [1.54, 1.807) is 25.7 Å². The fraction of sp³-hybridized carbons (Fsp3) is 0.412. The van der Waals surface area contributed by atoms with E-state index in [9.17, 15) is 5.11 Å². The van der Waals surface area contributed by atoms with E-state index in [1.807, 2.05) is 31.2 Å². The maximum Gasteiger partial charge on any atom is 0.118 e. The molecule has 0 aliphatic rings. The van der Waals surface area contributed by atoms with Gasteiger partial charge in [0.25, 0.3) is 0 Å². The summed E-state index contributed by atoms with van der Waals surface area (Å²) in [6, 6.07) is 7.58. The first-order chi connectivity index (χ1) is 10.2. The zero-order valence-corrected chi connectivity index (χ0v) is 12.8. The first-order valence-corrected chi connectivity index (χ1v) is 7.28. The molecule has 0 aliphatic heterocycles. The van der Waals surface area contributed by atoms with E-state index in [4.69, 9.17) is 4.74 Å². The highest BCUT2D eigenvalue weighted by atomic mass is 16.5. The second kappa shape index (κ2) is 6.68. The molecule has 0 radical (unpaired) electrons. The van der Waals surface area contributed by atoms with Crippen LogP contribution in [0.4, 0.5) is 0 Å². The Morgan fingerprint density at radius 2 is 1.90 bits per heavy atom. The maximum atomic E-state index is 11.3. The summed E-state index contributed by atoms with van der Waals surface area (Å²) in [6.45, 7) is 4.05. The van der Waals surface area contributed by atoms with Crippen molar-refractivity contribution < 1.29 is 9.84 Å².